The fourth-order valence-corrected chi connectivity index (χ4v) is 4.67. The van der Waals surface area contributed by atoms with Gasteiger partial charge in [-0.05, 0) is 39.2 Å². The van der Waals surface area contributed by atoms with Crippen LogP contribution in [0, 0.1) is 0 Å². The summed E-state index contributed by atoms with van der Waals surface area (Å²) in [6.45, 7) is 0.555. The van der Waals surface area contributed by atoms with E-state index in [0.717, 1.165) is 21.7 Å². The van der Waals surface area contributed by atoms with Crippen molar-refractivity contribution in [2.45, 2.75) is 11.4 Å². The quantitative estimate of drug-likeness (QED) is 0.439. The number of fused-ring (bicyclic) bond motifs is 2. The number of anilines is 1. The van der Waals surface area contributed by atoms with E-state index >= 15 is 0 Å². The Balaban J connectivity index is 1.39. The van der Waals surface area contributed by atoms with Crippen LogP contribution >= 0.6 is 0 Å². The predicted molar refractivity (Wildman–Crippen MR) is 120 cm³/mol. The summed E-state index contributed by atoms with van der Waals surface area (Å²) < 4.78 is 30.0. The maximum atomic E-state index is 12.8. The van der Waals surface area contributed by atoms with Gasteiger partial charge in [0.2, 0.25) is 0 Å². The molecule has 5 aromatic rings. The molecule has 1 N–H and O–H groups in total. The molecule has 0 saturated heterocycles. The van der Waals surface area contributed by atoms with E-state index in [0.29, 0.717) is 12.4 Å². The van der Waals surface area contributed by atoms with Gasteiger partial charge in [0.1, 0.15) is 0 Å². The Labute approximate surface area is 174 Å². The van der Waals surface area contributed by atoms with Gasteiger partial charge in [-0.2, -0.15) is 5.10 Å². The van der Waals surface area contributed by atoms with Crippen molar-refractivity contribution >= 4 is 37.4 Å². The third-order valence-corrected chi connectivity index (χ3v) is 6.48. The van der Waals surface area contributed by atoms with Gasteiger partial charge in [-0.3, -0.25) is 9.40 Å². The third kappa shape index (κ3) is 3.53. The number of benzene rings is 4. The second-order valence-corrected chi connectivity index (χ2v) is 8.83. The standard InChI is InChI=1S/C24H19N3O2S/c28-30(29,22-13-12-18-6-1-2-8-20(18)16-22)26-24-14-15-27(25-24)17-21-10-5-9-19-7-3-4-11-23(19)21/h1-16H,17H2,(H,25,26). The summed E-state index contributed by atoms with van der Waals surface area (Å²) in [5, 5.41) is 8.61. The first-order valence-electron chi connectivity index (χ1n) is 9.60. The Morgan fingerprint density at radius 1 is 0.767 bits per heavy atom. The lowest BCUT2D eigenvalue weighted by Crippen LogP contribution is -2.13. The van der Waals surface area contributed by atoms with Crippen molar-refractivity contribution in [1.82, 2.24) is 9.78 Å². The minimum atomic E-state index is -3.72. The summed E-state index contributed by atoms with van der Waals surface area (Å²) in [7, 11) is -3.72. The van der Waals surface area contributed by atoms with Gasteiger partial charge in [-0.15, -0.1) is 0 Å². The fourth-order valence-electron chi connectivity index (χ4n) is 3.64. The fraction of sp³-hybridized carbons (Fsp3) is 0.0417. The van der Waals surface area contributed by atoms with Crippen molar-refractivity contribution < 1.29 is 8.42 Å². The molecule has 5 rings (SSSR count). The average Bonchev–Trinajstić information content (AvgIpc) is 3.19. The molecule has 1 aromatic heterocycles. The van der Waals surface area contributed by atoms with Crippen molar-refractivity contribution in [3.63, 3.8) is 0 Å². The lowest BCUT2D eigenvalue weighted by molar-refractivity contribution is 0.601. The summed E-state index contributed by atoms with van der Waals surface area (Å²) >= 11 is 0. The molecule has 1 heterocycles. The number of aromatic nitrogens is 2. The smallest absolute Gasteiger partial charge is 0.263 e. The summed E-state index contributed by atoms with van der Waals surface area (Å²) in [5.41, 5.74) is 1.13. The molecular formula is C24H19N3O2S. The molecule has 0 bridgehead atoms. The zero-order chi connectivity index (χ0) is 20.6. The Morgan fingerprint density at radius 2 is 1.50 bits per heavy atom. The van der Waals surface area contributed by atoms with E-state index in [9.17, 15) is 8.42 Å². The van der Waals surface area contributed by atoms with E-state index in [1.54, 1.807) is 29.1 Å². The topological polar surface area (TPSA) is 64.0 Å². The van der Waals surface area contributed by atoms with Crippen LogP contribution in [0.3, 0.4) is 0 Å². The van der Waals surface area contributed by atoms with E-state index in [1.165, 1.54) is 5.39 Å². The molecule has 0 fully saturated rings. The normalized spacial score (nSPS) is 11.7. The predicted octanol–water partition coefficient (Wildman–Crippen LogP) is 5.04. The van der Waals surface area contributed by atoms with E-state index in [4.69, 9.17) is 0 Å². The molecular weight excluding hydrogens is 394 g/mol. The minimum absolute atomic E-state index is 0.213. The van der Waals surface area contributed by atoms with Crippen molar-refractivity contribution in [1.29, 1.82) is 0 Å². The van der Waals surface area contributed by atoms with Gasteiger partial charge in [0.15, 0.2) is 5.82 Å². The van der Waals surface area contributed by atoms with E-state index in [1.807, 2.05) is 48.5 Å². The molecule has 148 valence electrons. The molecule has 0 amide bonds. The summed E-state index contributed by atoms with van der Waals surface area (Å²) in [4.78, 5) is 0.213. The Hall–Kier alpha value is -3.64. The zero-order valence-corrected chi connectivity index (χ0v) is 16.9. The highest BCUT2D eigenvalue weighted by Crippen LogP contribution is 2.22. The van der Waals surface area contributed by atoms with Crippen molar-refractivity contribution in [3.8, 4) is 0 Å². The first-order chi connectivity index (χ1) is 14.6. The van der Waals surface area contributed by atoms with Crippen molar-refractivity contribution in [2.75, 3.05) is 4.72 Å². The molecule has 0 radical (unpaired) electrons. The molecule has 0 unspecified atom stereocenters. The van der Waals surface area contributed by atoms with Gasteiger partial charge >= 0.3 is 0 Å². The highest BCUT2D eigenvalue weighted by Gasteiger charge is 2.16. The van der Waals surface area contributed by atoms with Gasteiger partial charge in [0, 0.05) is 12.3 Å². The van der Waals surface area contributed by atoms with Gasteiger partial charge in [-0.1, -0.05) is 72.8 Å². The van der Waals surface area contributed by atoms with Crippen LogP contribution in [0.15, 0.2) is 102 Å². The van der Waals surface area contributed by atoms with Crippen LogP contribution in [0.5, 0.6) is 0 Å². The van der Waals surface area contributed by atoms with Crippen molar-refractivity contribution in [2.24, 2.45) is 0 Å². The average molecular weight is 414 g/mol. The SMILES string of the molecule is O=S(=O)(Nc1ccn(Cc2cccc3ccccc23)n1)c1ccc2ccccc2c1. The molecule has 0 aliphatic heterocycles. The molecule has 5 nitrogen and oxygen atoms in total. The van der Waals surface area contributed by atoms with E-state index in [2.05, 4.69) is 34.1 Å². The second-order valence-electron chi connectivity index (χ2n) is 7.15. The van der Waals surface area contributed by atoms with Gasteiger partial charge in [0.25, 0.3) is 10.0 Å². The second kappa shape index (κ2) is 7.31. The largest absolute Gasteiger partial charge is 0.266 e. The number of hydrogen-bond donors (Lipinski definition) is 1. The first-order valence-corrected chi connectivity index (χ1v) is 11.1. The number of rotatable bonds is 5. The van der Waals surface area contributed by atoms with Crippen LogP contribution in [-0.4, -0.2) is 18.2 Å². The van der Waals surface area contributed by atoms with Crippen LogP contribution < -0.4 is 4.72 Å². The number of hydrogen-bond acceptors (Lipinski definition) is 3. The third-order valence-electron chi connectivity index (χ3n) is 5.12. The highest BCUT2D eigenvalue weighted by molar-refractivity contribution is 7.92. The van der Waals surface area contributed by atoms with Crippen LogP contribution in [0.2, 0.25) is 0 Å². The monoisotopic (exact) mass is 413 g/mol. The van der Waals surface area contributed by atoms with Gasteiger partial charge in [0.05, 0.1) is 11.4 Å². The van der Waals surface area contributed by atoms with Gasteiger partial charge in [-0.25, -0.2) is 8.42 Å². The molecule has 6 heteroatoms. The Morgan fingerprint density at radius 3 is 2.37 bits per heavy atom. The molecule has 0 aliphatic carbocycles. The Bertz CT molecular complexity index is 1470. The van der Waals surface area contributed by atoms with Crippen LogP contribution in [0.25, 0.3) is 21.5 Å². The van der Waals surface area contributed by atoms with Crippen LogP contribution in [-0.2, 0) is 16.6 Å². The van der Waals surface area contributed by atoms with E-state index in [-0.39, 0.29) is 4.90 Å². The molecule has 0 atom stereocenters. The maximum Gasteiger partial charge on any atom is 0.263 e. The molecule has 4 aromatic carbocycles. The van der Waals surface area contributed by atoms with Crippen LogP contribution in [0.4, 0.5) is 5.82 Å². The lowest BCUT2D eigenvalue weighted by Gasteiger charge is -2.08. The zero-order valence-electron chi connectivity index (χ0n) is 16.1. The van der Waals surface area contributed by atoms with Gasteiger partial charge < -0.3 is 0 Å². The summed E-state index contributed by atoms with van der Waals surface area (Å²) in [6, 6.07) is 28.8. The Kier molecular flexibility index (Phi) is 4.48. The van der Waals surface area contributed by atoms with E-state index < -0.39 is 10.0 Å². The molecule has 30 heavy (non-hydrogen) atoms. The maximum absolute atomic E-state index is 12.8. The summed E-state index contributed by atoms with van der Waals surface area (Å²) in [5.74, 6) is 0.295. The lowest BCUT2D eigenvalue weighted by atomic mass is 10.0. The first kappa shape index (κ1) is 18.4. The van der Waals surface area contributed by atoms with Crippen LogP contribution in [0.1, 0.15) is 5.56 Å². The number of sulfonamides is 1. The number of nitrogens with zero attached hydrogens (tertiary/aromatic N) is 2. The minimum Gasteiger partial charge on any atom is -0.266 e. The molecule has 0 aliphatic rings. The molecule has 0 saturated carbocycles. The van der Waals surface area contributed by atoms with Crippen molar-refractivity contribution in [3.05, 3.63) is 103 Å². The molecule has 0 spiro atoms. The number of nitrogens with one attached hydrogen (secondary N) is 1. The summed E-state index contributed by atoms with van der Waals surface area (Å²) in [6.07, 6.45) is 1.78. The highest BCUT2D eigenvalue weighted by atomic mass is 32.2.